The standard InChI is InChI=1S/C35H34F2N6O7/c1-41-34(45)32(40-43(35(41)46)24-7-5-6-22(36)18-24)33(44)39-23-8-9-29(26(37)19-23)50-28-10-11-38-27-21-31(30(47-2)20-25(27)28)49-15-4-3-12-42-13-16-48-17-14-42/h5-11,18-21H,3-4,12-17H2,1-2H3,(H,39,44). The number of aromatic nitrogens is 4. The molecule has 2 aromatic heterocycles. The molecule has 1 aliphatic heterocycles. The number of unbranched alkanes of at least 4 members (excludes halogenated alkanes) is 1. The zero-order chi connectivity index (χ0) is 35.2. The van der Waals surface area contributed by atoms with E-state index in [9.17, 15) is 18.8 Å². The minimum Gasteiger partial charge on any atom is -0.493 e. The zero-order valence-corrected chi connectivity index (χ0v) is 27.4. The second-order valence-electron chi connectivity index (χ2n) is 11.4. The summed E-state index contributed by atoms with van der Waals surface area (Å²) in [7, 11) is 2.68. The van der Waals surface area contributed by atoms with E-state index in [0.717, 1.165) is 69.6 Å². The van der Waals surface area contributed by atoms with Gasteiger partial charge in [-0.1, -0.05) is 6.07 Å². The SMILES string of the molecule is COc1cc2c(Oc3ccc(NC(=O)c4nn(-c5cccc(F)c5)c(=O)n(C)c4=O)cc3F)ccnc2cc1OCCCCN1CCOCC1. The van der Waals surface area contributed by atoms with Crippen LogP contribution in [0, 0.1) is 11.6 Å². The third-order valence-corrected chi connectivity index (χ3v) is 8.07. The van der Waals surface area contributed by atoms with E-state index in [1.165, 1.54) is 43.6 Å². The van der Waals surface area contributed by atoms with E-state index in [2.05, 4.69) is 20.3 Å². The van der Waals surface area contributed by atoms with Gasteiger partial charge in [0, 0.05) is 49.5 Å². The van der Waals surface area contributed by atoms with Crippen LogP contribution in [0.25, 0.3) is 16.6 Å². The molecule has 0 bridgehead atoms. The van der Waals surface area contributed by atoms with Crippen molar-refractivity contribution in [1.82, 2.24) is 24.2 Å². The summed E-state index contributed by atoms with van der Waals surface area (Å²) in [5.41, 5.74) is -1.99. The fourth-order valence-electron chi connectivity index (χ4n) is 5.40. The maximum atomic E-state index is 15.3. The summed E-state index contributed by atoms with van der Waals surface area (Å²) in [4.78, 5) is 45.2. The first-order chi connectivity index (χ1) is 24.2. The Morgan fingerprint density at radius 3 is 2.54 bits per heavy atom. The third kappa shape index (κ3) is 7.63. The normalized spacial score (nSPS) is 13.3. The molecule has 260 valence electrons. The lowest BCUT2D eigenvalue weighted by Gasteiger charge is -2.26. The second-order valence-corrected chi connectivity index (χ2v) is 11.4. The predicted molar refractivity (Wildman–Crippen MR) is 180 cm³/mol. The number of carbonyl (C=O) groups is 1. The smallest absolute Gasteiger partial charge is 0.351 e. The fraction of sp³-hybridized carbons (Fsp3) is 0.286. The number of benzene rings is 3. The topological polar surface area (TPSA) is 139 Å². The van der Waals surface area contributed by atoms with Crippen molar-refractivity contribution in [3.8, 4) is 28.7 Å². The molecular formula is C35H34F2N6O7. The molecule has 0 radical (unpaired) electrons. The van der Waals surface area contributed by atoms with Crippen molar-refractivity contribution in [2.75, 3.05) is 51.9 Å². The average molecular weight is 689 g/mol. The van der Waals surface area contributed by atoms with Crippen LogP contribution < -0.4 is 30.8 Å². The number of methoxy groups -OCH3 is 1. The molecule has 1 aliphatic rings. The molecule has 5 aromatic rings. The number of ether oxygens (including phenoxy) is 4. The maximum absolute atomic E-state index is 15.3. The summed E-state index contributed by atoms with van der Waals surface area (Å²) >= 11 is 0. The molecule has 13 nitrogen and oxygen atoms in total. The van der Waals surface area contributed by atoms with Crippen LogP contribution in [0.1, 0.15) is 23.3 Å². The zero-order valence-electron chi connectivity index (χ0n) is 27.4. The van der Waals surface area contributed by atoms with Gasteiger partial charge in [0.25, 0.3) is 11.5 Å². The lowest BCUT2D eigenvalue weighted by atomic mass is 10.1. The van der Waals surface area contributed by atoms with Gasteiger partial charge in [0.1, 0.15) is 11.6 Å². The first-order valence-corrected chi connectivity index (χ1v) is 15.9. The third-order valence-electron chi connectivity index (χ3n) is 8.07. The van der Waals surface area contributed by atoms with Gasteiger partial charge in [-0.15, -0.1) is 0 Å². The number of halogens is 2. The summed E-state index contributed by atoms with van der Waals surface area (Å²) < 4.78 is 53.5. The van der Waals surface area contributed by atoms with Crippen LogP contribution in [0.15, 0.2) is 76.4 Å². The fourth-order valence-corrected chi connectivity index (χ4v) is 5.40. The molecule has 0 atom stereocenters. The van der Waals surface area contributed by atoms with E-state index in [-0.39, 0.29) is 17.1 Å². The van der Waals surface area contributed by atoms with Crippen molar-refractivity contribution in [3.05, 3.63) is 105 Å². The van der Waals surface area contributed by atoms with Gasteiger partial charge < -0.3 is 24.3 Å². The molecule has 0 aliphatic carbocycles. The Kier molecular flexibility index (Phi) is 10.4. The summed E-state index contributed by atoms with van der Waals surface area (Å²) in [6, 6.07) is 13.7. The molecule has 3 heterocycles. The van der Waals surface area contributed by atoms with Crippen LogP contribution in [0.4, 0.5) is 14.5 Å². The molecular weight excluding hydrogens is 654 g/mol. The van der Waals surface area contributed by atoms with Crippen LogP contribution in [0.5, 0.6) is 23.0 Å². The molecule has 15 heteroatoms. The molecule has 1 N–H and O–H groups in total. The monoisotopic (exact) mass is 688 g/mol. The Morgan fingerprint density at radius 1 is 0.960 bits per heavy atom. The van der Waals surface area contributed by atoms with Gasteiger partial charge in [0.2, 0.25) is 5.69 Å². The van der Waals surface area contributed by atoms with Crippen molar-refractivity contribution in [1.29, 1.82) is 0 Å². The molecule has 0 spiro atoms. The number of fused-ring (bicyclic) bond motifs is 1. The molecule has 1 amide bonds. The van der Waals surface area contributed by atoms with Crippen molar-refractivity contribution in [2.24, 2.45) is 7.05 Å². The Balaban J connectivity index is 1.15. The molecule has 1 saturated heterocycles. The number of carbonyl (C=O) groups excluding carboxylic acids is 1. The highest BCUT2D eigenvalue weighted by Crippen LogP contribution is 2.38. The lowest BCUT2D eigenvalue weighted by Crippen LogP contribution is -2.43. The summed E-state index contributed by atoms with van der Waals surface area (Å²) in [5.74, 6) is -1.33. The maximum Gasteiger partial charge on any atom is 0.351 e. The van der Waals surface area contributed by atoms with Crippen LogP contribution in [0.2, 0.25) is 0 Å². The Bertz CT molecular complexity index is 2150. The van der Waals surface area contributed by atoms with Crippen LogP contribution in [-0.4, -0.2) is 76.7 Å². The molecule has 6 rings (SSSR count). The van der Waals surface area contributed by atoms with Crippen molar-refractivity contribution in [3.63, 3.8) is 0 Å². The molecule has 0 saturated carbocycles. The van der Waals surface area contributed by atoms with Gasteiger partial charge in [-0.05, 0) is 61.9 Å². The number of rotatable bonds is 12. The number of nitrogens with zero attached hydrogens (tertiary/aromatic N) is 5. The second kappa shape index (κ2) is 15.3. The molecule has 0 unspecified atom stereocenters. The van der Waals surface area contributed by atoms with Crippen LogP contribution in [0.3, 0.4) is 0 Å². The first kappa shape index (κ1) is 34.2. The van der Waals surface area contributed by atoms with Crippen LogP contribution >= 0.6 is 0 Å². The summed E-state index contributed by atoms with van der Waals surface area (Å²) in [6.45, 7) is 4.91. The molecule has 1 fully saturated rings. The van der Waals surface area contributed by atoms with Crippen molar-refractivity contribution in [2.45, 2.75) is 12.8 Å². The van der Waals surface area contributed by atoms with Crippen molar-refractivity contribution >= 4 is 22.5 Å². The van der Waals surface area contributed by atoms with Gasteiger partial charge in [0.15, 0.2) is 23.1 Å². The Labute approximate surface area is 284 Å². The number of pyridine rings is 1. The number of hydrogen-bond acceptors (Lipinski definition) is 10. The van der Waals surface area contributed by atoms with E-state index in [1.807, 2.05) is 0 Å². The quantitative estimate of drug-likeness (QED) is 0.189. The highest BCUT2D eigenvalue weighted by molar-refractivity contribution is 6.02. The number of anilines is 1. The first-order valence-electron chi connectivity index (χ1n) is 15.9. The van der Waals surface area contributed by atoms with Gasteiger partial charge in [-0.25, -0.2) is 13.6 Å². The Morgan fingerprint density at radius 2 is 1.78 bits per heavy atom. The largest absolute Gasteiger partial charge is 0.493 e. The number of morpholine rings is 1. The van der Waals surface area contributed by atoms with E-state index in [1.54, 1.807) is 18.2 Å². The highest BCUT2D eigenvalue weighted by atomic mass is 19.1. The van der Waals surface area contributed by atoms with Gasteiger partial charge in [0.05, 0.1) is 38.1 Å². The average Bonchev–Trinajstić information content (AvgIpc) is 3.12. The minimum absolute atomic E-state index is 0.00677. The lowest BCUT2D eigenvalue weighted by molar-refractivity contribution is 0.0368. The minimum atomic E-state index is -1.01. The molecule has 3 aromatic carbocycles. The van der Waals surface area contributed by atoms with E-state index < -0.39 is 34.5 Å². The van der Waals surface area contributed by atoms with Gasteiger partial charge in [-0.3, -0.25) is 24.0 Å². The van der Waals surface area contributed by atoms with Gasteiger partial charge >= 0.3 is 5.69 Å². The van der Waals surface area contributed by atoms with E-state index in [4.69, 9.17) is 18.9 Å². The summed E-state index contributed by atoms with van der Waals surface area (Å²) in [6.07, 6.45) is 3.37. The number of hydrogen-bond donors (Lipinski definition) is 1. The Hall–Kier alpha value is -5.67. The molecule has 50 heavy (non-hydrogen) atoms. The van der Waals surface area contributed by atoms with Crippen LogP contribution in [-0.2, 0) is 11.8 Å². The highest BCUT2D eigenvalue weighted by Gasteiger charge is 2.20. The predicted octanol–water partition coefficient (Wildman–Crippen LogP) is 4.30. The number of nitrogens with one attached hydrogen (secondary N) is 1. The van der Waals surface area contributed by atoms with Gasteiger partial charge in [-0.2, -0.15) is 9.78 Å². The van der Waals surface area contributed by atoms with E-state index >= 15 is 4.39 Å². The summed E-state index contributed by atoms with van der Waals surface area (Å²) in [5, 5.41) is 6.83. The number of amides is 1. The van der Waals surface area contributed by atoms with E-state index in [0.29, 0.717) is 39.3 Å². The van der Waals surface area contributed by atoms with Crippen molar-refractivity contribution < 1.29 is 32.5 Å².